The zero-order valence-electron chi connectivity index (χ0n) is 14.4. The number of ether oxygens (including phenoxy) is 3. The Labute approximate surface area is 163 Å². The van der Waals surface area contributed by atoms with E-state index in [1.807, 2.05) is 4.72 Å². The van der Waals surface area contributed by atoms with E-state index in [2.05, 4.69) is 4.74 Å². The average Bonchev–Trinajstić information content (AvgIpc) is 2.60. The summed E-state index contributed by atoms with van der Waals surface area (Å²) in [5.41, 5.74) is -1.04. The van der Waals surface area contributed by atoms with Crippen LogP contribution in [0.25, 0.3) is 0 Å². The minimum atomic E-state index is -4.32. The molecule has 152 valence electrons. The van der Waals surface area contributed by atoms with Gasteiger partial charge in [0.2, 0.25) is 0 Å². The predicted molar refractivity (Wildman–Crippen MR) is 95.4 cm³/mol. The van der Waals surface area contributed by atoms with Crippen LogP contribution in [0.4, 0.5) is 14.5 Å². The maximum absolute atomic E-state index is 12.6. The van der Waals surface area contributed by atoms with E-state index in [0.717, 1.165) is 25.3 Å². The number of alkyl halides is 2. The number of carboxylic acid groups (broad SMARTS) is 1. The summed E-state index contributed by atoms with van der Waals surface area (Å²) in [5.74, 6) is -2.16. The molecule has 2 aromatic rings. The molecule has 0 heterocycles. The monoisotopic (exact) mass is 437 g/mol. The molecule has 8 nitrogen and oxygen atoms in total. The summed E-state index contributed by atoms with van der Waals surface area (Å²) >= 11 is 5.91. The highest BCUT2D eigenvalue weighted by Crippen LogP contribution is 2.36. The highest BCUT2D eigenvalue weighted by atomic mass is 35.5. The van der Waals surface area contributed by atoms with Gasteiger partial charge >= 0.3 is 12.6 Å². The van der Waals surface area contributed by atoms with Gasteiger partial charge in [0.05, 0.1) is 35.4 Å². The maximum atomic E-state index is 12.6. The number of methoxy groups -OCH3 is 2. The van der Waals surface area contributed by atoms with Crippen LogP contribution in [-0.4, -0.2) is 40.3 Å². The van der Waals surface area contributed by atoms with Crippen molar-refractivity contribution in [2.24, 2.45) is 0 Å². The first kappa shape index (κ1) is 21.5. The third kappa shape index (κ3) is 4.73. The zero-order valence-corrected chi connectivity index (χ0v) is 16.0. The molecule has 0 aliphatic rings. The van der Waals surface area contributed by atoms with E-state index >= 15 is 0 Å². The summed E-state index contributed by atoms with van der Waals surface area (Å²) in [7, 11) is -1.86. The summed E-state index contributed by atoms with van der Waals surface area (Å²) < 4.78 is 66.4. The molecule has 2 N–H and O–H groups in total. The number of nitrogens with one attached hydrogen (secondary N) is 1. The number of hydrogen-bond donors (Lipinski definition) is 2. The van der Waals surface area contributed by atoms with Crippen LogP contribution in [0.5, 0.6) is 17.2 Å². The first-order valence-corrected chi connectivity index (χ1v) is 9.21. The maximum Gasteiger partial charge on any atom is 0.387 e. The first-order chi connectivity index (χ1) is 13.1. The van der Waals surface area contributed by atoms with E-state index < -0.39 is 39.6 Å². The van der Waals surface area contributed by atoms with Crippen molar-refractivity contribution in [3.05, 3.63) is 40.9 Å². The van der Waals surface area contributed by atoms with Crippen molar-refractivity contribution in [1.29, 1.82) is 0 Å². The Morgan fingerprint density at radius 1 is 1.11 bits per heavy atom. The van der Waals surface area contributed by atoms with Crippen LogP contribution in [0.2, 0.25) is 5.02 Å². The standard InChI is InChI=1S/C16H14ClF2NO7S/c1-25-12-4-3-8(5-10(12)17)28(23,24)20-11-7-14(27-16(18)19)13(26-2)6-9(11)15(21)22/h3-7,16,20H,1-2H3,(H,21,22). The Morgan fingerprint density at radius 2 is 1.75 bits per heavy atom. The largest absolute Gasteiger partial charge is 0.495 e. The lowest BCUT2D eigenvalue weighted by Crippen LogP contribution is -2.16. The van der Waals surface area contributed by atoms with Crippen molar-refractivity contribution < 1.29 is 41.3 Å². The molecule has 0 aromatic heterocycles. The van der Waals surface area contributed by atoms with Crippen molar-refractivity contribution in [1.82, 2.24) is 0 Å². The molecule has 0 unspecified atom stereocenters. The van der Waals surface area contributed by atoms with Crippen LogP contribution in [0.3, 0.4) is 0 Å². The minimum absolute atomic E-state index is 0.000265. The lowest BCUT2D eigenvalue weighted by molar-refractivity contribution is -0.0511. The molecule has 0 aliphatic carbocycles. The Hall–Kier alpha value is -2.79. The number of anilines is 1. The topological polar surface area (TPSA) is 111 Å². The van der Waals surface area contributed by atoms with Gasteiger partial charge in [0, 0.05) is 12.1 Å². The molecule has 0 amide bonds. The van der Waals surface area contributed by atoms with Gasteiger partial charge in [0.15, 0.2) is 11.5 Å². The molecule has 2 aromatic carbocycles. The molecule has 0 atom stereocenters. The SMILES string of the molecule is COc1ccc(S(=O)(=O)Nc2cc(OC(F)F)c(OC)cc2C(=O)O)cc1Cl. The number of carbonyl (C=O) groups is 1. The third-order valence-electron chi connectivity index (χ3n) is 3.43. The zero-order chi connectivity index (χ0) is 21.1. The molecule has 0 fully saturated rings. The van der Waals surface area contributed by atoms with Gasteiger partial charge < -0.3 is 19.3 Å². The molecule has 0 bridgehead atoms. The Kier molecular flexibility index (Phi) is 6.52. The van der Waals surface area contributed by atoms with E-state index in [9.17, 15) is 27.1 Å². The Balaban J connectivity index is 2.53. The fraction of sp³-hybridized carbons (Fsp3) is 0.188. The molecule has 0 aliphatic heterocycles. The fourth-order valence-corrected chi connectivity index (χ4v) is 3.61. The summed E-state index contributed by atoms with van der Waals surface area (Å²) in [6, 6.07) is 5.21. The molecular formula is C16H14ClF2NO7S. The normalized spacial score (nSPS) is 11.2. The van der Waals surface area contributed by atoms with E-state index in [1.165, 1.54) is 19.2 Å². The second kappa shape index (κ2) is 8.48. The van der Waals surface area contributed by atoms with Gasteiger partial charge in [0.25, 0.3) is 10.0 Å². The molecular weight excluding hydrogens is 424 g/mol. The lowest BCUT2D eigenvalue weighted by atomic mass is 10.1. The highest BCUT2D eigenvalue weighted by Gasteiger charge is 2.23. The number of halogens is 3. The van der Waals surface area contributed by atoms with E-state index in [0.29, 0.717) is 0 Å². The molecule has 0 saturated heterocycles. The molecule has 12 heteroatoms. The number of hydrogen-bond acceptors (Lipinski definition) is 6. The van der Waals surface area contributed by atoms with Crippen LogP contribution in [-0.2, 0) is 10.0 Å². The third-order valence-corrected chi connectivity index (χ3v) is 5.09. The number of benzene rings is 2. The Morgan fingerprint density at radius 3 is 2.25 bits per heavy atom. The van der Waals surface area contributed by atoms with Gasteiger partial charge in [-0.3, -0.25) is 4.72 Å². The molecule has 2 rings (SSSR count). The van der Waals surface area contributed by atoms with Gasteiger partial charge in [-0.1, -0.05) is 11.6 Å². The molecule has 28 heavy (non-hydrogen) atoms. The van der Waals surface area contributed by atoms with Crippen LogP contribution >= 0.6 is 11.6 Å². The van der Waals surface area contributed by atoms with Crippen LogP contribution in [0.1, 0.15) is 10.4 Å². The van der Waals surface area contributed by atoms with Crippen LogP contribution in [0.15, 0.2) is 35.2 Å². The smallest absolute Gasteiger partial charge is 0.387 e. The number of rotatable bonds is 8. The van der Waals surface area contributed by atoms with Gasteiger partial charge in [0.1, 0.15) is 5.75 Å². The summed E-state index contributed by atoms with van der Waals surface area (Å²) in [5, 5.41) is 9.32. The first-order valence-electron chi connectivity index (χ1n) is 7.35. The highest BCUT2D eigenvalue weighted by molar-refractivity contribution is 7.92. The van der Waals surface area contributed by atoms with E-state index in [1.54, 1.807) is 0 Å². The fourth-order valence-electron chi connectivity index (χ4n) is 2.19. The molecule has 0 spiro atoms. The summed E-state index contributed by atoms with van der Waals surface area (Å²) in [4.78, 5) is 11.2. The van der Waals surface area contributed by atoms with Gasteiger partial charge in [-0.2, -0.15) is 8.78 Å². The van der Waals surface area contributed by atoms with Crippen molar-refractivity contribution in [3.8, 4) is 17.2 Å². The van der Waals surface area contributed by atoms with Crippen LogP contribution < -0.4 is 18.9 Å². The minimum Gasteiger partial charge on any atom is -0.495 e. The summed E-state index contributed by atoms with van der Waals surface area (Å²) in [6.07, 6.45) is 0. The Bertz CT molecular complexity index is 999. The number of carboxylic acids is 1. The van der Waals surface area contributed by atoms with Gasteiger partial charge in [-0.25, -0.2) is 13.2 Å². The number of sulfonamides is 1. The van der Waals surface area contributed by atoms with Crippen molar-refractivity contribution in [3.63, 3.8) is 0 Å². The van der Waals surface area contributed by atoms with Crippen LogP contribution in [0, 0.1) is 0 Å². The van der Waals surface area contributed by atoms with Crippen molar-refractivity contribution in [2.75, 3.05) is 18.9 Å². The van der Waals surface area contributed by atoms with E-state index in [4.69, 9.17) is 21.1 Å². The molecule has 0 saturated carbocycles. The lowest BCUT2D eigenvalue weighted by Gasteiger charge is -2.16. The second-order valence-electron chi connectivity index (χ2n) is 5.13. The molecule has 0 radical (unpaired) electrons. The average molecular weight is 438 g/mol. The van der Waals surface area contributed by atoms with Crippen molar-refractivity contribution in [2.45, 2.75) is 11.5 Å². The van der Waals surface area contributed by atoms with Gasteiger partial charge in [-0.15, -0.1) is 0 Å². The van der Waals surface area contributed by atoms with E-state index in [-0.39, 0.29) is 21.4 Å². The van der Waals surface area contributed by atoms with Crippen molar-refractivity contribution >= 4 is 33.3 Å². The summed E-state index contributed by atoms with van der Waals surface area (Å²) in [6.45, 7) is -3.24. The second-order valence-corrected chi connectivity index (χ2v) is 7.22. The van der Waals surface area contributed by atoms with Gasteiger partial charge in [-0.05, 0) is 18.2 Å². The predicted octanol–water partition coefficient (Wildman–Crippen LogP) is 3.46. The number of aromatic carboxylic acids is 1. The quantitative estimate of drug-likeness (QED) is 0.650.